The van der Waals surface area contributed by atoms with Gasteiger partial charge in [0.2, 0.25) is 5.91 Å². The summed E-state index contributed by atoms with van der Waals surface area (Å²) in [5.41, 5.74) is 3.12. The molecule has 1 amide bonds. The fraction of sp³-hybridized carbons (Fsp3) is 0.391. The lowest BCUT2D eigenvalue weighted by Gasteiger charge is -2.22. The topological polar surface area (TPSA) is 59.0 Å². The van der Waals surface area contributed by atoms with Gasteiger partial charge in [-0.2, -0.15) is 0 Å². The van der Waals surface area contributed by atoms with Gasteiger partial charge in [-0.3, -0.25) is 9.36 Å². The smallest absolute Gasteiger partial charge is 0.220 e. The van der Waals surface area contributed by atoms with Crippen molar-refractivity contribution in [1.82, 2.24) is 20.2 Å². The van der Waals surface area contributed by atoms with Crippen molar-refractivity contribution in [2.75, 3.05) is 19.6 Å². The number of nitrogens with zero attached hydrogens (tertiary/aromatic N) is 2. The van der Waals surface area contributed by atoms with Crippen LogP contribution in [0.5, 0.6) is 0 Å². The zero-order valence-corrected chi connectivity index (χ0v) is 17.5. The molecule has 0 radical (unpaired) electrons. The minimum Gasteiger partial charge on any atom is -0.356 e. The zero-order valence-electron chi connectivity index (χ0n) is 16.6. The summed E-state index contributed by atoms with van der Waals surface area (Å²) in [5, 5.41) is 6.52. The lowest BCUT2D eigenvalue weighted by molar-refractivity contribution is -0.121. The molecule has 2 aromatic carbocycles. The first-order valence-electron chi connectivity index (χ1n) is 10.3. The van der Waals surface area contributed by atoms with Crippen LogP contribution < -0.4 is 10.6 Å². The van der Waals surface area contributed by atoms with Gasteiger partial charge < -0.3 is 10.6 Å². The van der Waals surface area contributed by atoms with Crippen molar-refractivity contribution in [3.05, 3.63) is 60.4 Å². The Morgan fingerprint density at radius 2 is 1.93 bits per heavy atom. The largest absolute Gasteiger partial charge is 0.356 e. The molecule has 1 atom stereocenters. The molecule has 1 aliphatic heterocycles. The van der Waals surface area contributed by atoms with Crippen LogP contribution in [0.4, 0.5) is 0 Å². The molecule has 154 valence electrons. The van der Waals surface area contributed by atoms with Crippen molar-refractivity contribution in [2.24, 2.45) is 5.92 Å². The van der Waals surface area contributed by atoms with Crippen LogP contribution in [0.1, 0.15) is 31.5 Å². The summed E-state index contributed by atoms with van der Waals surface area (Å²) < 4.78 is 2.16. The van der Waals surface area contributed by atoms with Gasteiger partial charge in [-0.25, -0.2) is 4.98 Å². The van der Waals surface area contributed by atoms with Crippen molar-refractivity contribution in [1.29, 1.82) is 0 Å². The number of halogens is 1. The molecule has 0 aliphatic carbocycles. The van der Waals surface area contributed by atoms with E-state index in [1.54, 1.807) is 0 Å². The molecule has 0 saturated carbocycles. The first kappa shape index (κ1) is 21.3. The number of fused-ring (bicyclic) bond motifs is 1. The lowest BCUT2D eigenvalue weighted by atomic mass is 9.96. The Morgan fingerprint density at radius 1 is 1.14 bits per heavy atom. The molecule has 1 saturated heterocycles. The number of aryl methyl sites for hydroxylation is 1. The van der Waals surface area contributed by atoms with Gasteiger partial charge in [-0.1, -0.05) is 30.3 Å². The molecule has 1 unspecified atom stereocenters. The summed E-state index contributed by atoms with van der Waals surface area (Å²) in [5.74, 6) is 1.73. The highest BCUT2D eigenvalue weighted by molar-refractivity contribution is 5.85. The van der Waals surface area contributed by atoms with Crippen LogP contribution in [0.3, 0.4) is 0 Å². The maximum atomic E-state index is 12.4. The number of hydrogen-bond donors (Lipinski definition) is 2. The van der Waals surface area contributed by atoms with Crippen LogP contribution in [-0.2, 0) is 11.2 Å². The van der Waals surface area contributed by atoms with E-state index < -0.39 is 0 Å². The average molecular weight is 413 g/mol. The molecule has 1 aromatic heterocycles. The number of amides is 1. The summed E-state index contributed by atoms with van der Waals surface area (Å²) in [7, 11) is 0. The monoisotopic (exact) mass is 412 g/mol. The van der Waals surface area contributed by atoms with E-state index in [9.17, 15) is 4.79 Å². The summed E-state index contributed by atoms with van der Waals surface area (Å²) in [6, 6.07) is 18.4. The Morgan fingerprint density at radius 3 is 2.72 bits per heavy atom. The fourth-order valence-corrected chi connectivity index (χ4v) is 4.01. The number of piperidine rings is 1. The third kappa shape index (κ3) is 5.37. The van der Waals surface area contributed by atoms with Crippen LogP contribution in [-0.4, -0.2) is 35.1 Å². The number of nitrogens with one attached hydrogen (secondary N) is 2. The first-order valence-corrected chi connectivity index (χ1v) is 10.3. The lowest BCUT2D eigenvalue weighted by Crippen LogP contribution is -2.33. The molecular formula is C23H29ClN4O. The number of imidazole rings is 1. The molecule has 3 aromatic rings. The minimum atomic E-state index is 0. The van der Waals surface area contributed by atoms with E-state index in [0.29, 0.717) is 18.8 Å². The predicted octanol–water partition coefficient (Wildman–Crippen LogP) is 3.89. The van der Waals surface area contributed by atoms with Gasteiger partial charge in [-0.05, 0) is 62.5 Å². The van der Waals surface area contributed by atoms with E-state index in [-0.39, 0.29) is 18.3 Å². The number of benzene rings is 2. The van der Waals surface area contributed by atoms with Crippen molar-refractivity contribution < 1.29 is 4.79 Å². The zero-order chi connectivity index (χ0) is 19.2. The molecule has 2 heterocycles. The van der Waals surface area contributed by atoms with Crippen molar-refractivity contribution >= 4 is 29.3 Å². The molecule has 1 aliphatic rings. The summed E-state index contributed by atoms with van der Waals surface area (Å²) in [6.45, 7) is 2.97. The third-order valence-corrected chi connectivity index (χ3v) is 5.49. The molecular weight excluding hydrogens is 384 g/mol. The second-order valence-corrected chi connectivity index (χ2v) is 7.54. The van der Waals surface area contributed by atoms with Crippen LogP contribution in [0.15, 0.2) is 54.6 Å². The van der Waals surface area contributed by atoms with Crippen molar-refractivity contribution in [3.8, 4) is 5.69 Å². The third-order valence-electron chi connectivity index (χ3n) is 5.49. The van der Waals surface area contributed by atoms with Gasteiger partial charge in [-0.15, -0.1) is 12.4 Å². The van der Waals surface area contributed by atoms with Crippen LogP contribution in [0, 0.1) is 5.92 Å². The van der Waals surface area contributed by atoms with E-state index in [4.69, 9.17) is 4.98 Å². The Kier molecular flexibility index (Phi) is 7.67. The maximum Gasteiger partial charge on any atom is 0.220 e. The number of hydrogen-bond acceptors (Lipinski definition) is 3. The van der Waals surface area contributed by atoms with Gasteiger partial charge in [0.05, 0.1) is 11.0 Å². The second kappa shape index (κ2) is 10.4. The van der Waals surface area contributed by atoms with E-state index in [1.165, 1.54) is 12.8 Å². The van der Waals surface area contributed by atoms with Gasteiger partial charge in [0.1, 0.15) is 5.82 Å². The number of carbonyl (C=O) groups is 1. The Balaban J connectivity index is 0.00000240. The molecule has 2 N–H and O–H groups in total. The molecule has 5 nitrogen and oxygen atoms in total. The fourth-order valence-electron chi connectivity index (χ4n) is 4.01. The van der Waals surface area contributed by atoms with E-state index in [2.05, 4.69) is 33.4 Å². The molecule has 6 heteroatoms. The Labute approximate surface area is 178 Å². The molecule has 0 bridgehead atoms. The predicted molar refractivity (Wildman–Crippen MR) is 120 cm³/mol. The Bertz CT molecular complexity index is 919. The molecule has 1 fully saturated rings. The van der Waals surface area contributed by atoms with Crippen molar-refractivity contribution in [2.45, 2.75) is 32.1 Å². The first-order chi connectivity index (χ1) is 13.8. The minimum absolute atomic E-state index is 0. The van der Waals surface area contributed by atoms with Crippen molar-refractivity contribution in [3.63, 3.8) is 0 Å². The molecule has 0 spiro atoms. The van der Waals surface area contributed by atoms with Crippen LogP contribution in [0.25, 0.3) is 16.7 Å². The SMILES string of the molecule is Cl.O=C(CCc1nc2ccccc2n1-c1ccccc1)NCCC1CCCNC1. The van der Waals surface area contributed by atoms with Gasteiger partial charge in [0.15, 0.2) is 0 Å². The molecule has 29 heavy (non-hydrogen) atoms. The van der Waals surface area contributed by atoms with Gasteiger partial charge in [0.25, 0.3) is 0 Å². The normalized spacial score (nSPS) is 16.3. The van der Waals surface area contributed by atoms with Crippen LogP contribution in [0.2, 0.25) is 0 Å². The van der Waals surface area contributed by atoms with Gasteiger partial charge in [0, 0.05) is 25.1 Å². The highest BCUT2D eigenvalue weighted by Crippen LogP contribution is 2.22. The number of carbonyl (C=O) groups excluding carboxylic acids is 1. The van der Waals surface area contributed by atoms with E-state index in [1.807, 2.05) is 36.4 Å². The summed E-state index contributed by atoms with van der Waals surface area (Å²) >= 11 is 0. The quantitative estimate of drug-likeness (QED) is 0.619. The standard InChI is InChI=1S/C23H28N4O.ClH/c28-23(25-16-14-18-7-6-15-24-17-18)13-12-22-26-20-10-4-5-11-21(20)27(22)19-8-2-1-3-9-19;/h1-5,8-11,18,24H,6-7,12-17H2,(H,25,28);1H. The Hall–Kier alpha value is -2.37. The second-order valence-electron chi connectivity index (χ2n) is 7.54. The highest BCUT2D eigenvalue weighted by atomic mass is 35.5. The highest BCUT2D eigenvalue weighted by Gasteiger charge is 2.15. The van der Waals surface area contributed by atoms with Gasteiger partial charge >= 0.3 is 0 Å². The summed E-state index contributed by atoms with van der Waals surface area (Å²) in [4.78, 5) is 17.1. The number of aromatic nitrogens is 2. The van der Waals surface area contributed by atoms with E-state index >= 15 is 0 Å². The van der Waals surface area contributed by atoms with E-state index in [0.717, 1.165) is 48.6 Å². The van der Waals surface area contributed by atoms with Crippen LogP contribution >= 0.6 is 12.4 Å². The average Bonchev–Trinajstić information content (AvgIpc) is 3.12. The number of rotatable bonds is 7. The maximum absolute atomic E-state index is 12.4. The molecule has 4 rings (SSSR count). The summed E-state index contributed by atoms with van der Waals surface area (Å²) in [6.07, 6.45) is 4.65. The number of para-hydroxylation sites is 3.